The van der Waals surface area contributed by atoms with Crippen molar-refractivity contribution in [3.8, 4) is 11.5 Å². The Bertz CT molecular complexity index is 660. The van der Waals surface area contributed by atoms with E-state index in [1.54, 1.807) is 19.2 Å². The molecule has 2 aliphatic heterocycles. The maximum atomic E-state index is 12.3. The molecule has 2 heterocycles. The van der Waals surface area contributed by atoms with E-state index in [9.17, 15) is 9.59 Å². The molecule has 0 spiro atoms. The van der Waals surface area contributed by atoms with Crippen LogP contribution in [0, 0.1) is 5.92 Å². The van der Waals surface area contributed by atoms with Gasteiger partial charge in [0, 0.05) is 29.6 Å². The zero-order valence-electron chi connectivity index (χ0n) is 14.1. The topological polar surface area (TPSA) is 79.9 Å². The largest absolute Gasteiger partial charge is 0.486 e. The van der Waals surface area contributed by atoms with Gasteiger partial charge in [0.2, 0.25) is 11.8 Å². The molecule has 1 aromatic carbocycles. The normalized spacial score (nSPS) is 17.8. The van der Waals surface area contributed by atoms with Gasteiger partial charge >= 0.3 is 0 Å². The highest BCUT2D eigenvalue weighted by atomic mass is 79.9. The van der Waals surface area contributed by atoms with Crippen molar-refractivity contribution >= 4 is 33.4 Å². The molecule has 2 aliphatic rings. The monoisotopic (exact) mass is 411 g/mol. The van der Waals surface area contributed by atoms with Crippen LogP contribution in [0.25, 0.3) is 0 Å². The molecule has 0 atom stereocenters. The van der Waals surface area contributed by atoms with Gasteiger partial charge in [-0.25, -0.2) is 0 Å². The minimum Gasteiger partial charge on any atom is -0.486 e. The quantitative estimate of drug-likeness (QED) is 0.786. The average molecular weight is 412 g/mol. The van der Waals surface area contributed by atoms with E-state index in [1.807, 2.05) is 0 Å². The lowest BCUT2D eigenvalue weighted by Crippen LogP contribution is -2.42. The summed E-state index contributed by atoms with van der Waals surface area (Å²) in [6, 6.07) is 3.58. The molecule has 7 nitrogen and oxygen atoms in total. The molecule has 0 bridgehead atoms. The SMILES string of the molecule is CNC(=O)C1CCN(CC(=O)Nc2cc3c(cc2Br)OCCO3)CC1. The maximum absolute atomic E-state index is 12.3. The highest BCUT2D eigenvalue weighted by Crippen LogP contribution is 2.38. The van der Waals surface area contributed by atoms with E-state index in [1.165, 1.54) is 0 Å². The molecule has 25 heavy (non-hydrogen) atoms. The first-order chi connectivity index (χ1) is 12.1. The summed E-state index contributed by atoms with van der Waals surface area (Å²) >= 11 is 3.45. The summed E-state index contributed by atoms with van der Waals surface area (Å²) in [6.07, 6.45) is 1.56. The fourth-order valence-electron chi connectivity index (χ4n) is 3.11. The number of likely N-dealkylation sites (tertiary alicyclic amines) is 1. The highest BCUT2D eigenvalue weighted by molar-refractivity contribution is 9.10. The van der Waals surface area contributed by atoms with Gasteiger partial charge in [-0.15, -0.1) is 0 Å². The van der Waals surface area contributed by atoms with Crippen LogP contribution in [0.1, 0.15) is 12.8 Å². The van der Waals surface area contributed by atoms with E-state index < -0.39 is 0 Å². The summed E-state index contributed by atoms with van der Waals surface area (Å²) in [4.78, 5) is 26.1. The Labute approximate surface area is 155 Å². The summed E-state index contributed by atoms with van der Waals surface area (Å²) in [6.45, 7) is 2.82. The van der Waals surface area contributed by atoms with Crippen LogP contribution < -0.4 is 20.1 Å². The average Bonchev–Trinajstić information content (AvgIpc) is 2.62. The van der Waals surface area contributed by atoms with Gasteiger partial charge in [-0.3, -0.25) is 14.5 Å². The van der Waals surface area contributed by atoms with Crippen molar-refractivity contribution in [2.45, 2.75) is 12.8 Å². The standard InChI is InChI=1S/C17H22BrN3O4/c1-19-17(23)11-2-4-21(5-3-11)10-16(22)20-13-9-15-14(8-12(13)18)24-6-7-25-15/h8-9,11H,2-7,10H2,1H3,(H,19,23)(H,20,22). The molecule has 0 saturated carbocycles. The number of benzene rings is 1. The lowest BCUT2D eigenvalue weighted by molar-refractivity contribution is -0.126. The molecule has 0 radical (unpaired) electrons. The summed E-state index contributed by atoms with van der Waals surface area (Å²) in [7, 11) is 1.66. The Morgan fingerprint density at radius 1 is 1.20 bits per heavy atom. The Morgan fingerprint density at radius 2 is 1.84 bits per heavy atom. The second-order valence-corrected chi connectivity index (χ2v) is 7.04. The van der Waals surface area contributed by atoms with Crippen LogP contribution in [0.5, 0.6) is 11.5 Å². The third-order valence-corrected chi connectivity index (χ3v) is 5.13. The van der Waals surface area contributed by atoms with Crippen LogP contribution >= 0.6 is 15.9 Å². The number of amides is 2. The van der Waals surface area contributed by atoms with Crippen LogP contribution in [0.15, 0.2) is 16.6 Å². The third-order valence-electron chi connectivity index (χ3n) is 4.48. The van der Waals surface area contributed by atoms with Gasteiger partial charge < -0.3 is 20.1 Å². The molecule has 0 aliphatic carbocycles. The highest BCUT2D eigenvalue weighted by Gasteiger charge is 2.25. The van der Waals surface area contributed by atoms with Gasteiger partial charge in [0.05, 0.1) is 12.2 Å². The van der Waals surface area contributed by atoms with Gasteiger partial charge in [0.1, 0.15) is 13.2 Å². The van der Waals surface area contributed by atoms with E-state index in [-0.39, 0.29) is 17.7 Å². The molecule has 3 rings (SSSR count). The number of carbonyl (C=O) groups is 2. The minimum atomic E-state index is -0.0872. The second kappa shape index (κ2) is 8.05. The van der Waals surface area contributed by atoms with E-state index in [0.29, 0.717) is 36.9 Å². The number of fused-ring (bicyclic) bond motifs is 1. The zero-order valence-corrected chi connectivity index (χ0v) is 15.7. The van der Waals surface area contributed by atoms with Crippen LogP contribution in [-0.4, -0.2) is 56.6 Å². The first-order valence-electron chi connectivity index (χ1n) is 8.39. The number of ether oxygens (including phenoxy) is 2. The Balaban J connectivity index is 1.54. The van der Waals surface area contributed by atoms with Gasteiger partial charge in [-0.05, 0) is 41.9 Å². The van der Waals surface area contributed by atoms with Gasteiger partial charge in [0.25, 0.3) is 0 Å². The Morgan fingerprint density at radius 3 is 2.48 bits per heavy atom. The maximum Gasteiger partial charge on any atom is 0.238 e. The molecule has 1 fully saturated rings. The Hall–Kier alpha value is -1.80. The van der Waals surface area contributed by atoms with Crippen LogP contribution in [0.2, 0.25) is 0 Å². The molecule has 8 heteroatoms. The minimum absolute atomic E-state index is 0.0521. The zero-order chi connectivity index (χ0) is 17.8. The van der Waals surface area contributed by atoms with Gasteiger partial charge in [-0.1, -0.05) is 0 Å². The number of halogens is 1. The first-order valence-corrected chi connectivity index (χ1v) is 9.19. The fraction of sp³-hybridized carbons (Fsp3) is 0.529. The lowest BCUT2D eigenvalue weighted by atomic mass is 9.96. The summed E-state index contributed by atoms with van der Waals surface area (Å²) in [5, 5.41) is 5.60. The van der Waals surface area contributed by atoms with Crippen molar-refractivity contribution in [2.75, 3.05) is 45.2 Å². The predicted molar refractivity (Wildman–Crippen MR) is 97.0 cm³/mol. The molecule has 1 aromatic rings. The molecular weight excluding hydrogens is 390 g/mol. The predicted octanol–water partition coefficient (Wildman–Crippen LogP) is 1.62. The van der Waals surface area contributed by atoms with Crippen molar-refractivity contribution in [1.29, 1.82) is 0 Å². The Kier molecular flexibility index (Phi) is 5.80. The molecule has 2 N–H and O–H groups in total. The van der Waals surface area contributed by atoms with E-state index in [4.69, 9.17) is 9.47 Å². The van der Waals surface area contributed by atoms with Gasteiger partial charge in [0.15, 0.2) is 11.5 Å². The second-order valence-electron chi connectivity index (χ2n) is 6.19. The molecule has 2 amide bonds. The number of hydrogen-bond donors (Lipinski definition) is 2. The summed E-state index contributed by atoms with van der Waals surface area (Å²) in [5.41, 5.74) is 0.662. The molecule has 1 saturated heterocycles. The van der Waals surface area contributed by atoms with E-state index >= 15 is 0 Å². The smallest absolute Gasteiger partial charge is 0.238 e. The number of piperidine rings is 1. The van der Waals surface area contributed by atoms with Crippen LogP contribution in [0.3, 0.4) is 0 Å². The third kappa shape index (κ3) is 4.43. The van der Waals surface area contributed by atoms with Crippen molar-refractivity contribution in [2.24, 2.45) is 5.92 Å². The van der Waals surface area contributed by atoms with Crippen molar-refractivity contribution < 1.29 is 19.1 Å². The van der Waals surface area contributed by atoms with Crippen LogP contribution in [-0.2, 0) is 9.59 Å². The van der Waals surface area contributed by atoms with Crippen molar-refractivity contribution in [1.82, 2.24) is 10.2 Å². The summed E-state index contributed by atoms with van der Waals surface area (Å²) in [5.74, 6) is 1.36. The molecule has 0 unspecified atom stereocenters. The lowest BCUT2D eigenvalue weighted by Gasteiger charge is -2.30. The van der Waals surface area contributed by atoms with E-state index in [2.05, 4.69) is 31.5 Å². The van der Waals surface area contributed by atoms with E-state index in [0.717, 1.165) is 30.4 Å². The number of rotatable bonds is 4. The molecular formula is C17H22BrN3O4. The number of carbonyl (C=O) groups excluding carboxylic acids is 2. The fourth-order valence-corrected chi connectivity index (χ4v) is 3.53. The number of nitrogens with zero attached hydrogens (tertiary/aromatic N) is 1. The van der Waals surface area contributed by atoms with Crippen molar-refractivity contribution in [3.05, 3.63) is 16.6 Å². The number of nitrogens with one attached hydrogen (secondary N) is 2. The molecule has 0 aromatic heterocycles. The summed E-state index contributed by atoms with van der Waals surface area (Å²) < 4.78 is 11.8. The first kappa shape index (κ1) is 18.0. The molecule has 136 valence electrons. The van der Waals surface area contributed by atoms with Crippen LogP contribution in [0.4, 0.5) is 5.69 Å². The number of anilines is 1. The van der Waals surface area contributed by atoms with Gasteiger partial charge in [-0.2, -0.15) is 0 Å². The van der Waals surface area contributed by atoms with Crippen molar-refractivity contribution in [3.63, 3.8) is 0 Å². The number of hydrogen-bond acceptors (Lipinski definition) is 5.